The van der Waals surface area contributed by atoms with Crippen LogP contribution in [0.1, 0.15) is 18.9 Å². The van der Waals surface area contributed by atoms with Gasteiger partial charge in [0, 0.05) is 5.56 Å². The van der Waals surface area contributed by atoms with Gasteiger partial charge in [-0.2, -0.15) is 0 Å². The minimum Gasteiger partial charge on any atom is -0.497 e. The molecule has 0 fully saturated rings. The molecule has 0 bridgehead atoms. The number of aromatic nitrogens is 2. The zero-order valence-corrected chi connectivity index (χ0v) is 16.2. The molecule has 0 saturated heterocycles. The van der Waals surface area contributed by atoms with E-state index in [0.29, 0.717) is 17.3 Å². The first-order valence-electron chi connectivity index (χ1n) is 8.61. The molecule has 1 amide bonds. The van der Waals surface area contributed by atoms with Crippen LogP contribution in [0.4, 0.5) is 5.13 Å². The Morgan fingerprint density at radius 2 is 1.74 bits per heavy atom. The Bertz CT molecular complexity index is 892. The van der Waals surface area contributed by atoms with Gasteiger partial charge in [0.05, 0.1) is 7.11 Å². The fourth-order valence-corrected chi connectivity index (χ4v) is 3.17. The number of ether oxygens (including phenoxy) is 2. The van der Waals surface area contributed by atoms with E-state index in [1.54, 1.807) is 31.4 Å². The van der Waals surface area contributed by atoms with E-state index in [1.165, 1.54) is 16.9 Å². The summed E-state index contributed by atoms with van der Waals surface area (Å²) in [4.78, 5) is 12.5. The van der Waals surface area contributed by atoms with Gasteiger partial charge in [-0.3, -0.25) is 10.1 Å². The monoisotopic (exact) mass is 383 g/mol. The van der Waals surface area contributed by atoms with Crippen molar-refractivity contribution in [2.75, 3.05) is 12.4 Å². The topological polar surface area (TPSA) is 73.3 Å². The number of hydrogen-bond donors (Lipinski definition) is 1. The van der Waals surface area contributed by atoms with Crippen molar-refractivity contribution in [3.8, 4) is 22.1 Å². The van der Waals surface area contributed by atoms with E-state index in [4.69, 9.17) is 9.47 Å². The molecular weight excluding hydrogens is 362 g/mol. The van der Waals surface area contributed by atoms with E-state index in [1.807, 2.05) is 38.1 Å². The van der Waals surface area contributed by atoms with Crippen LogP contribution >= 0.6 is 11.3 Å². The third-order valence-corrected chi connectivity index (χ3v) is 4.84. The molecule has 1 heterocycles. The van der Waals surface area contributed by atoms with Crippen LogP contribution in [0.15, 0.2) is 48.5 Å². The van der Waals surface area contributed by atoms with Crippen molar-refractivity contribution in [2.45, 2.75) is 26.4 Å². The van der Waals surface area contributed by atoms with Crippen molar-refractivity contribution < 1.29 is 14.3 Å². The molecule has 2 aromatic carbocycles. The molecule has 140 valence electrons. The predicted octanol–water partition coefficient (Wildman–Crippen LogP) is 4.32. The molecule has 27 heavy (non-hydrogen) atoms. The van der Waals surface area contributed by atoms with Gasteiger partial charge in [0.1, 0.15) is 16.5 Å². The van der Waals surface area contributed by atoms with Gasteiger partial charge in [0.15, 0.2) is 6.10 Å². The Hall–Kier alpha value is -2.93. The van der Waals surface area contributed by atoms with Gasteiger partial charge in [-0.25, -0.2) is 0 Å². The maximum atomic E-state index is 12.5. The Kier molecular flexibility index (Phi) is 6.03. The van der Waals surface area contributed by atoms with Gasteiger partial charge in [0.2, 0.25) is 5.13 Å². The summed E-state index contributed by atoms with van der Waals surface area (Å²) in [5.74, 6) is 1.09. The first-order valence-corrected chi connectivity index (χ1v) is 9.43. The van der Waals surface area contributed by atoms with E-state index in [9.17, 15) is 4.79 Å². The van der Waals surface area contributed by atoms with Crippen molar-refractivity contribution >= 4 is 22.4 Å². The third-order valence-electron chi connectivity index (χ3n) is 3.95. The molecule has 0 aliphatic rings. The molecular formula is C20H21N3O3S. The summed E-state index contributed by atoms with van der Waals surface area (Å²) in [5.41, 5.74) is 2.15. The van der Waals surface area contributed by atoms with Crippen molar-refractivity contribution in [1.82, 2.24) is 10.2 Å². The minimum atomic E-state index is -0.620. The Labute approximate surface area is 162 Å². The summed E-state index contributed by atoms with van der Waals surface area (Å²) in [6.45, 7) is 3.93. The van der Waals surface area contributed by atoms with Gasteiger partial charge >= 0.3 is 0 Å². The number of aryl methyl sites for hydroxylation is 1. The van der Waals surface area contributed by atoms with E-state index in [0.717, 1.165) is 16.3 Å². The Balaban J connectivity index is 1.65. The van der Waals surface area contributed by atoms with Crippen LogP contribution in [0.3, 0.4) is 0 Å². The number of amides is 1. The quantitative estimate of drug-likeness (QED) is 0.658. The molecule has 3 rings (SSSR count). The standard InChI is InChI=1S/C20H21N3O3S/c1-4-17(26-16-11-9-15(25-3)10-12-16)18(24)21-20-23-22-19(27-20)14-7-5-13(2)6-8-14/h5-12,17H,4H2,1-3H3,(H,21,23,24)/t17-/m0/s1. The van der Waals surface area contributed by atoms with E-state index < -0.39 is 6.10 Å². The summed E-state index contributed by atoms with van der Waals surface area (Å²) in [7, 11) is 1.60. The molecule has 0 aliphatic heterocycles. The number of carbonyl (C=O) groups excluding carboxylic acids is 1. The highest BCUT2D eigenvalue weighted by Gasteiger charge is 2.20. The van der Waals surface area contributed by atoms with Crippen LogP contribution in [-0.4, -0.2) is 29.3 Å². The van der Waals surface area contributed by atoms with E-state index >= 15 is 0 Å². The predicted molar refractivity (Wildman–Crippen MR) is 106 cm³/mol. The summed E-state index contributed by atoms with van der Waals surface area (Å²) in [5, 5.41) is 12.2. The lowest BCUT2D eigenvalue weighted by atomic mass is 10.2. The highest BCUT2D eigenvalue weighted by molar-refractivity contribution is 7.18. The average Bonchev–Trinajstić information content (AvgIpc) is 3.15. The summed E-state index contributed by atoms with van der Waals surface area (Å²) < 4.78 is 10.9. The van der Waals surface area contributed by atoms with Crippen molar-refractivity contribution in [2.24, 2.45) is 0 Å². The van der Waals surface area contributed by atoms with Crippen molar-refractivity contribution in [3.05, 3.63) is 54.1 Å². The Morgan fingerprint density at radius 1 is 1.07 bits per heavy atom. The van der Waals surface area contributed by atoms with Crippen LogP contribution in [0, 0.1) is 6.92 Å². The van der Waals surface area contributed by atoms with Crippen LogP contribution in [0.5, 0.6) is 11.5 Å². The number of carbonyl (C=O) groups is 1. The molecule has 0 radical (unpaired) electrons. The summed E-state index contributed by atoms with van der Waals surface area (Å²) >= 11 is 1.33. The highest BCUT2D eigenvalue weighted by atomic mass is 32.1. The van der Waals surface area contributed by atoms with Gasteiger partial charge in [-0.15, -0.1) is 10.2 Å². The number of nitrogens with one attached hydrogen (secondary N) is 1. The third kappa shape index (κ3) is 4.83. The van der Waals surface area contributed by atoms with Crippen LogP contribution in [0.2, 0.25) is 0 Å². The lowest BCUT2D eigenvalue weighted by Crippen LogP contribution is -2.32. The number of hydrogen-bond acceptors (Lipinski definition) is 6. The summed E-state index contributed by atoms with van der Waals surface area (Å²) in [6, 6.07) is 15.1. The second-order valence-electron chi connectivity index (χ2n) is 5.96. The molecule has 1 N–H and O–H groups in total. The SMILES string of the molecule is CC[C@H](Oc1ccc(OC)cc1)C(=O)Nc1nnc(-c2ccc(C)cc2)s1. The second-order valence-corrected chi connectivity index (χ2v) is 6.94. The number of anilines is 1. The number of rotatable bonds is 7. The normalized spacial score (nSPS) is 11.7. The molecule has 1 aromatic heterocycles. The fraction of sp³-hybridized carbons (Fsp3) is 0.250. The number of methoxy groups -OCH3 is 1. The van der Waals surface area contributed by atoms with Crippen molar-refractivity contribution in [1.29, 1.82) is 0 Å². The second kappa shape index (κ2) is 8.64. The van der Waals surface area contributed by atoms with Gasteiger partial charge in [-0.05, 0) is 37.6 Å². The first kappa shape index (κ1) is 18.8. The Morgan fingerprint density at radius 3 is 2.37 bits per heavy atom. The first-order chi connectivity index (χ1) is 13.1. The van der Waals surface area contributed by atoms with Crippen LogP contribution in [0.25, 0.3) is 10.6 Å². The molecule has 0 spiro atoms. The number of nitrogens with zero attached hydrogens (tertiary/aromatic N) is 2. The minimum absolute atomic E-state index is 0.250. The molecule has 0 aliphatic carbocycles. The molecule has 0 unspecified atom stereocenters. The molecule has 1 atom stereocenters. The van der Waals surface area contributed by atoms with Gasteiger partial charge in [-0.1, -0.05) is 48.1 Å². The molecule has 6 nitrogen and oxygen atoms in total. The lowest BCUT2D eigenvalue weighted by molar-refractivity contribution is -0.122. The maximum Gasteiger partial charge on any atom is 0.267 e. The van der Waals surface area contributed by atoms with Gasteiger partial charge in [0.25, 0.3) is 5.91 Å². The molecule has 0 saturated carbocycles. The van der Waals surface area contributed by atoms with E-state index in [-0.39, 0.29) is 5.91 Å². The summed E-state index contributed by atoms with van der Waals surface area (Å²) in [6.07, 6.45) is -0.0910. The molecule has 7 heteroatoms. The van der Waals surface area contributed by atoms with Crippen LogP contribution < -0.4 is 14.8 Å². The zero-order chi connectivity index (χ0) is 19.2. The lowest BCUT2D eigenvalue weighted by Gasteiger charge is -2.16. The van der Waals surface area contributed by atoms with Gasteiger partial charge < -0.3 is 9.47 Å². The number of benzene rings is 2. The highest BCUT2D eigenvalue weighted by Crippen LogP contribution is 2.27. The smallest absolute Gasteiger partial charge is 0.267 e. The van der Waals surface area contributed by atoms with E-state index in [2.05, 4.69) is 15.5 Å². The van der Waals surface area contributed by atoms with Crippen molar-refractivity contribution in [3.63, 3.8) is 0 Å². The molecule has 3 aromatic rings. The average molecular weight is 383 g/mol. The fourth-order valence-electron chi connectivity index (χ4n) is 2.41. The zero-order valence-electron chi connectivity index (χ0n) is 15.4. The largest absolute Gasteiger partial charge is 0.497 e. The maximum absolute atomic E-state index is 12.5. The van der Waals surface area contributed by atoms with Crippen LogP contribution in [-0.2, 0) is 4.79 Å².